The Labute approximate surface area is 133 Å². The normalized spacial score (nSPS) is 25.0. The maximum Gasteiger partial charge on any atom is 0.253 e. The highest BCUT2D eigenvalue weighted by Gasteiger charge is 2.40. The minimum atomic E-state index is -0.258. The number of benzene rings is 1. The highest BCUT2D eigenvalue weighted by Crippen LogP contribution is 2.35. The molecule has 0 aromatic heterocycles. The Kier molecular flexibility index (Phi) is 4.33. The molecule has 3 rings (SSSR count). The predicted octanol–water partition coefficient (Wildman–Crippen LogP) is 2.60. The topological polar surface area (TPSA) is 49.8 Å². The smallest absolute Gasteiger partial charge is 0.253 e. The first kappa shape index (κ1) is 15.0. The summed E-state index contributed by atoms with van der Waals surface area (Å²) in [7, 11) is 0. The van der Waals surface area contributed by atoms with E-state index in [9.17, 15) is 9.90 Å². The highest BCUT2D eigenvalue weighted by molar-refractivity contribution is 9.10. The van der Waals surface area contributed by atoms with Crippen molar-refractivity contribution in [2.24, 2.45) is 0 Å². The Morgan fingerprint density at radius 2 is 2.14 bits per heavy atom. The fourth-order valence-electron chi connectivity index (χ4n) is 3.27. The summed E-state index contributed by atoms with van der Waals surface area (Å²) in [4.78, 5) is 14.4. The molecule has 2 aliphatic rings. The molecule has 0 saturated carbocycles. The Balaban J connectivity index is 1.64. The molecule has 1 atom stereocenters. The van der Waals surface area contributed by atoms with Crippen molar-refractivity contribution in [2.45, 2.75) is 37.4 Å². The molecule has 2 saturated heterocycles. The first-order chi connectivity index (χ1) is 10.1. The van der Waals surface area contributed by atoms with Gasteiger partial charge < -0.3 is 14.7 Å². The zero-order chi connectivity index (χ0) is 14.9. The number of hydrogen-bond acceptors (Lipinski definition) is 3. The summed E-state index contributed by atoms with van der Waals surface area (Å²) in [5.74, 6) is 0.0718. The van der Waals surface area contributed by atoms with Crippen LogP contribution >= 0.6 is 15.9 Å². The van der Waals surface area contributed by atoms with E-state index in [1.54, 1.807) is 0 Å². The van der Waals surface area contributed by atoms with Crippen molar-refractivity contribution in [1.29, 1.82) is 0 Å². The van der Waals surface area contributed by atoms with E-state index in [4.69, 9.17) is 4.74 Å². The maximum atomic E-state index is 12.5. The standard InChI is InChI=1S/C16H20BrNO3/c17-13-3-1-2-12(10-13)15(20)18-7-5-16(6-8-18)11-14(19)4-9-21-16/h1-3,10,14,19H,4-9,11H2. The largest absolute Gasteiger partial charge is 0.393 e. The lowest BCUT2D eigenvalue weighted by atomic mass is 9.83. The first-order valence-corrected chi connectivity index (χ1v) is 8.24. The number of amides is 1. The minimum absolute atomic E-state index is 0.0718. The molecule has 1 spiro atoms. The molecule has 2 aliphatic heterocycles. The SMILES string of the molecule is O=C(c1cccc(Br)c1)N1CCC2(CC1)CC(O)CCO2. The number of ether oxygens (including phenoxy) is 1. The van der Waals surface area contributed by atoms with E-state index >= 15 is 0 Å². The number of piperidine rings is 1. The van der Waals surface area contributed by atoms with Gasteiger partial charge in [0.15, 0.2) is 0 Å². The van der Waals surface area contributed by atoms with Crippen molar-refractivity contribution in [1.82, 2.24) is 4.90 Å². The summed E-state index contributed by atoms with van der Waals surface area (Å²) in [5, 5.41) is 9.84. The van der Waals surface area contributed by atoms with Crippen LogP contribution in [0, 0.1) is 0 Å². The van der Waals surface area contributed by atoms with Crippen LogP contribution in [-0.4, -0.2) is 47.3 Å². The Bertz CT molecular complexity index is 526. The zero-order valence-corrected chi connectivity index (χ0v) is 13.5. The lowest BCUT2D eigenvalue weighted by Crippen LogP contribution is -2.51. The quantitative estimate of drug-likeness (QED) is 0.844. The first-order valence-electron chi connectivity index (χ1n) is 7.45. The van der Waals surface area contributed by atoms with Crippen LogP contribution in [0.2, 0.25) is 0 Å². The lowest BCUT2D eigenvalue weighted by Gasteiger charge is -2.45. The van der Waals surface area contributed by atoms with E-state index in [0.717, 1.165) is 23.7 Å². The van der Waals surface area contributed by atoms with E-state index < -0.39 is 0 Å². The van der Waals surface area contributed by atoms with Crippen LogP contribution in [0.4, 0.5) is 0 Å². The van der Waals surface area contributed by atoms with Gasteiger partial charge in [0.05, 0.1) is 11.7 Å². The Morgan fingerprint density at radius 3 is 2.81 bits per heavy atom. The molecule has 1 N–H and O–H groups in total. The number of hydrogen-bond donors (Lipinski definition) is 1. The third-order valence-corrected chi connectivity index (χ3v) is 4.99. The third kappa shape index (κ3) is 3.30. The van der Waals surface area contributed by atoms with E-state index in [2.05, 4.69) is 15.9 Å². The van der Waals surface area contributed by atoms with E-state index in [-0.39, 0.29) is 17.6 Å². The second-order valence-electron chi connectivity index (χ2n) is 5.98. The minimum Gasteiger partial charge on any atom is -0.393 e. The predicted molar refractivity (Wildman–Crippen MR) is 83.2 cm³/mol. The second-order valence-corrected chi connectivity index (χ2v) is 6.90. The fraction of sp³-hybridized carbons (Fsp3) is 0.562. The van der Waals surface area contributed by atoms with Gasteiger partial charge in [-0.2, -0.15) is 0 Å². The Morgan fingerprint density at radius 1 is 1.38 bits per heavy atom. The molecule has 0 radical (unpaired) electrons. The van der Waals surface area contributed by atoms with Crippen LogP contribution in [0.5, 0.6) is 0 Å². The third-order valence-electron chi connectivity index (χ3n) is 4.50. The average Bonchev–Trinajstić information content (AvgIpc) is 2.47. The molecule has 1 unspecified atom stereocenters. The summed E-state index contributed by atoms with van der Waals surface area (Å²) in [6, 6.07) is 7.49. The fourth-order valence-corrected chi connectivity index (χ4v) is 3.67. The summed E-state index contributed by atoms with van der Waals surface area (Å²) in [6.07, 6.45) is 2.79. The van der Waals surface area contributed by atoms with Gasteiger partial charge in [-0.05, 0) is 37.5 Å². The number of carbonyl (C=O) groups excluding carboxylic acids is 1. The van der Waals surface area contributed by atoms with Gasteiger partial charge in [-0.15, -0.1) is 0 Å². The molecule has 4 nitrogen and oxygen atoms in total. The van der Waals surface area contributed by atoms with Gasteiger partial charge in [0.1, 0.15) is 0 Å². The van der Waals surface area contributed by atoms with Crippen LogP contribution in [0.1, 0.15) is 36.0 Å². The number of rotatable bonds is 1. The van der Waals surface area contributed by atoms with Crippen LogP contribution in [0.15, 0.2) is 28.7 Å². The summed E-state index contributed by atoms with van der Waals surface area (Å²) < 4.78 is 6.84. The van der Waals surface area contributed by atoms with Gasteiger partial charge >= 0.3 is 0 Å². The zero-order valence-electron chi connectivity index (χ0n) is 11.9. The molecular formula is C16H20BrNO3. The van der Waals surface area contributed by atoms with Crippen molar-refractivity contribution in [2.75, 3.05) is 19.7 Å². The van der Waals surface area contributed by atoms with Gasteiger partial charge in [-0.25, -0.2) is 0 Å². The molecule has 2 heterocycles. The molecule has 1 amide bonds. The van der Waals surface area contributed by atoms with E-state index in [1.165, 1.54) is 0 Å². The number of aliphatic hydroxyl groups excluding tert-OH is 1. The summed E-state index contributed by atoms with van der Waals surface area (Å²) in [6.45, 7) is 2.01. The summed E-state index contributed by atoms with van der Waals surface area (Å²) >= 11 is 3.40. The van der Waals surface area contributed by atoms with Crippen LogP contribution in [-0.2, 0) is 4.74 Å². The molecule has 2 fully saturated rings. The van der Waals surface area contributed by atoms with Gasteiger partial charge in [0.25, 0.3) is 5.91 Å². The van der Waals surface area contributed by atoms with Crippen molar-refractivity contribution >= 4 is 21.8 Å². The van der Waals surface area contributed by atoms with Crippen molar-refractivity contribution in [3.05, 3.63) is 34.3 Å². The van der Waals surface area contributed by atoms with Crippen molar-refractivity contribution < 1.29 is 14.6 Å². The second kappa shape index (κ2) is 6.07. The van der Waals surface area contributed by atoms with Crippen LogP contribution < -0.4 is 0 Å². The lowest BCUT2D eigenvalue weighted by molar-refractivity contribution is -0.139. The summed E-state index contributed by atoms with van der Waals surface area (Å²) in [5.41, 5.74) is 0.496. The molecule has 0 bridgehead atoms. The number of carbonyl (C=O) groups is 1. The number of aliphatic hydroxyl groups is 1. The van der Waals surface area contributed by atoms with Crippen LogP contribution in [0.25, 0.3) is 0 Å². The van der Waals surface area contributed by atoms with E-state index in [0.29, 0.717) is 31.7 Å². The average molecular weight is 354 g/mol. The molecule has 1 aromatic carbocycles. The molecule has 0 aliphatic carbocycles. The van der Waals surface area contributed by atoms with Gasteiger partial charge in [-0.3, -0.25) is 4.79 Å². The number of likely N-dealkylation sites (tertiary alicyclic amines) is 1. The van der Waals surface area contributed by atoms with E-state index in [1.807, 2.05) is 29.2 Å². The molecule has 1 aromatic rings. The molecule has 5 heteroatoms. The highest BCUT2D eigenvalue weighted by atomic mass is 79.9. The van der Waals surface area contributed by atoms with Gasteiger partial charge in [0, 0.05) is 36.2 Å². The Hall–Kier alpha value is -0.910. The number of halogens is 1. The van der Waals surface area contributed by atoms with Crippen molar-refractivity contribution in [3.8, 4) is 0 Å². The molecule has 114 valence electrons. The monoisotopic (exact) mass is 353 g/mol. The van der Waals surface area contributed by atoms with Crippen molar-refractivity contribution in [3.63, 3.8) is 0 Å². The maximum absolute atomic E-state index is 12.5. The van der Waals surface area contributed by atoms with Crippen LogP contribution in [0.3, 0.4) is 0 Å². The number of nitrogens with zero attached hydrogens (tertiary/aromatic N) is 1. The van der Waals surface area contributed by atoms with Gasteiger partial charge in [-0.1, -0.05) is 22.0 Å². The van der Waals surface area contributed by atoms with Gasteiger partial charge in [0.2, 0.25) is 0 Å². The molecule has 21 heavy (non-hydrogen) atoms. The molecular weight excluding hydrogens is 334 g/mol.